The van der Waals surface area contributed by atoms with Crippen LogP contribution in [0.5, 0.6) is 0 Å². The zero-order valence-corrected chi connectivity index (χ0v) is 11.2. The Bertz CT molecular complexity index is 74.1. The van der Waals surface area contributed by atoms with Crippen molar-refractivity contribution < 1.29 is 23.3 Å². The van der Waals surface area contributed by atoms with Gasteiger partial charge in [0.1, 0.15) is 0 Å². The lowest BCUT2D eigenvalue weighted by molar-refractivity contribution is 0.118. The molecule has 9 heavy (non-hydrogen) atoms. The van der Waals surface area contributed by atoms with Gasteiger partial charge in [-0.3, -0.25) is 0 Å². The second-order valence-electron chi connectivity index (χ2n) is 2.12. The van der Waals surface area contributed by atoms with Crippen LogP contribution in [0.15, 0.2) is 0 Å². The first kappa shape index (κ1) is 9.67. The van der Waals surface area contributed by atoms with E-state index in [9.17, 15) is 0 Å². The van der Waals surface area contributed by atoms with Crippen molar-refractivity contribution in [3.63, 3.8) is 0 Å². The molecule has 0 spiro atoms. The van der Waals surface area contributed by atoms with Crippen molar-refractivity contribution in [2.75, 3.05) is 0 Å². The van der Waals surface area contributed by atoms with Gasteiger partial charge in [-0.1, -0.05) is 0 Å². The average Bonchev–Trinajstić information content (AvgIpc) is 1.14. The van der Waals surface area contributed by atoms with Gasteiger partial charge in [-0.05, 0) is 0 Å². The minimum Gasteiger partial charge on any atom is -0.417 e. The second kappa shape index (κ2) is 2.73. The van der Waals surface area contributed by atoms with Crippen molar-refractivity contribution in [1.29, 1.82) is 0 Å². The Hall–Kier alpha value is 0.668. The van der Waals surface area contributed by atoms with Crippen LogP contribution in [0.4, 0.5) is 0 Å². The summed E-state index contributed by atoms with van der Waals surface area (Å²) in [6, 6.07) is 0. The molecule has 0 aliphatic carbocycles. The molecular weight excluding hydrogens is 192 g/mol. The summed E-state index contributed by atoms with van der Waals surface area (Å²) in [7, 11) is -6.32. The Morgan fingerprint density at radius 1 is 1.00 bits per heavy atom. The van der Waals surface area contributed by atoms with Gasteiger partial charge >= 0.3 is 9.05 Å². The van der Waals surface area contributed by atoms with Crippen LogP contribution in [0.25, 0.3) is 0 Å². The first-order chi connectivity index (χ1) is 3.71. The second-order valence-corrected chi connectivity index (χ2v) is 24.1. The third-order valence-electron chi connectivity index (χ3n) is 0.387. The Kier molecular flexibility index (Phi) is 2.93. The molecule has 0 bridgehead atoms. The number of hydrogen-bond donors (Lipinski definition) is 4. The van der Waals surface area contributed by atoms with Crippen LogP contribution in [0.2, 0.25) is 0 Å². The molecule has 0 amide bonds. The molecule has 5 nitrogen and oxygen atoms in total. The van der Waals surface area contributed by atoms with Crippen molar-refractivity contribution in [3.8, 4) is 0 Å². The van der Waals surface area contributed by atoms with Crippen molar-refractivity contribution in [2.45, 2.75) is 0 Å². The van der Waals surface area contributed by atoms with E-state index in [0.717, 1.165) is 0 Å². The molecule has 0 atom stereocenters. The molecule has 9 heteroatoms. The number of hydrogen-bond acceptors (Lipinski definition) is 5. The molecule has 0 fully saturated rings. The van der Waals surface area contributed by atoms with Gasteiger partial charge in [0, 0.05) is 0 Å². The molecule has 0 heterocycles. The van der Waals surface area contributed by atoms with Gasteiger partial charge in [0.2, 0.25) is 0 Å². The molecule has 4 N–H and O–H groups in total. The maximum absolute atomic E-state index is 8.95. The molecule has 0 aromatic rings. The van der Waals surface area contributed by atoms with Gasteiger partial charge < -0.3 is 23.3 Å². The largest absolute Gasteiger partial charge is 0.661 e. The van der Waals surface area contributed by atoms with E-state index in [0.29, 0.717) is 19.5 Å². The number of rotatable bonds is 2. The van der Waals surface area contributed by atoms with Crippen LogP contribution in [0.1, 0.15) is 0 Å². The van der Waals surface area contributed by atoms with E-state index in [2.05, 4.69) is 4.12 Å². The van der Waals surface area contributed by atoms with Gasteiger partial charge in [-0.15, -0.1) is 0 Å². The lowest BCUT2D eigenvalue weighted by atomic mass is 15.6. The first-order valence-electron chi connectivity index (χ1n) is 2.30. The fourth-order valence-electron chi connectivity index (χ4n) is 0.335. The topological polar surface area (TPSA) is 90.2 Å². The molecule has 0 unspecified atom stereocenters. The fraction of sp³-hybridized carbons (Fsp3) is 0. The van der Waals surface area contributed by atoms with Gasteiger partial charge in [-0.2, -0.15) is 0 Å². The summed E-state index contributed by atoms with van der Waals surface area (Å²) in [6.45, 7) is 0. The van der Waals surface area contributed by atoms with E-state index < -0.39 is 16.6 Å². The van der Waals surface area contributed by atoms with Crippen LogP contribution >= 0.6 is 0 Å². The summed E-state index contributed by atoms with van der Waals surface area (Å²) in [4.78, 5) is 33.8. The molecule has 0 aliphatic heterocycles. The predicted molar refractivity (Wildman–Crippen MR) is 41.3 cm³/mol. The summed E-state index contributed by atoms with van der Waals surface area (Å²) in [5.41, 5.74) is 0. The van der Waals surface area contributed by atoms with E-state index in [-0.39, 0.29) is 0 Å². The lowest BCUT2D eigenvalue weighted by Crippen LogP contribution is -2.54. The summed E-state index contributed by atoms with van der Waals surface area (Å²) in [5.74, 6) is 0. The van der Waals surface area contributed by atoms with E-state index in [4.69, 9.17) is 19.2 Å². The highest BCUT2D eigenvalue weighted by Gasteiger charge is 2.38. The zero-order chi connectivity index (χ0) is 7.71. The lowest BCUT2D eigenvalue weighted by Gasteiger charge is -2.19. The van der Waals surface area contributed by atoms with Crippen LogP contribution in [0, 0.1) is 0 Å². The molecular formula is H10O5Si4. The zero-order valence-electron chi connectivity index (χ0n) is 5.20. The molecule has 0 aliphatic rings. The Morgan fingerprint density at radius 2 is 1.33 bits per heavy atom. The van der Waals surface area contributed by atoms with Crippen molar-refractivity contribution >= 4 is 36.2 Å². The third-order valence-corrected chi connectivity index (χ3v) is 7.15. The summed E-state index contributed by atoms with van der Waals surface area (Å²) in [5, 5.41) is 0. The normalized spacial score (nSPS) is 20.0. The molecule has 0 radical (unpaired) electrons. The fourth-order valence-corrected chi connectivity index (χ4v) is 7.95. The third kappa shape index (κ3) is 8.67. The monoisotopic (exact) mass is 202 g/mol. The van der Waals surface area contributed by atoms with Gasteiger partial charge in [-0.25, -0.2) is 0 Å². The SMILES string of the molecule is O[Si](O)(O)O[Si](O)([SiH3])[SiH3]. The predicted octanol–water partition coefficient (Wildman–Crippen LogP) is -5.43. The van der Waals surface area contributed by atoms with Crippen LogP contribution in [0.3, 0.4) is 0 Å². The Morgan fingerprint density at radius 3 is 1.33 bits per heavy atom. The minimum absolute atomic E-state index is 0.398. The van der Waals surface area contributed by atoms with E-state index in [1.165, 1.54) is 0 Å². The molecule has 0 aromatic heterocycles. The van der Waals surface area contributed by atoms with E-state index in [1.807, 2.05) is 0 Å². The Labute approximate surface area is 60.1 Å². The molecule has 0 saturated heterocycles. The molecule has 0 saturated carbocycles. The van der Waals surface area contributed by atoms with Gasteiger partial charge in [0.05, 0.1) is 19.5 Å². The maximum Gasteiger partial charge on any atom is 0.661 e. The molecule has 0 rings (SSSR count). The minimum atomic E-state index is -4.41. The average molecular weight is 202 g/mol. The van der Waals surface area contributed by atoms with Gasteiger partial charge in [0.25, 0.3) is 7.60 Å². The van der Waals surface area contributed by atoms with Crippen LogP contribution in [-0.4, -0.2) is 55.3 Å². The van der Waals surface area contributed by atoms with Crippen LogP contribution < -0.4 is 0 Å². The van der Waals surface area contributed by atoms with Crippen molar-refractivity contribution in [2.24, 2.45) is 0 Å². The van der Waals surface area contributed by atoms with E-state index in [1.54, 1.807) is 0 Å². The quantitative estimate of drug-likeness (QED) is 0.336. The van der Waals surface area contributed by atoms with E-state index >= 15 is 0 Å². The summed E-state index contributed by atoms with van der Waals surface area (Å²) in [6.07, 6.45) is 0. The maximum atomic E-state index is 8.95. The molecule has 56 valence electrons. The first-order valence-corrected chi connectivity index (χ1v) is 12.9. The van der Waals surface area contributed by atoms with Crippen LogP contribution in [-0.2, 0) is 4.12 Å². The highest BCUT2D eigenvalue weighted by molar-refractivity contribution is 7.35. The van der Waals surface area contributed by atoms with Crippen molar-refractivity contribution in [1.82, 2.24) is 0 Å². The standard InChI is InChI=1S/H10O5Si4/c1-8(2,3)5-9(4,6)7/h1-4H,6-7H3. The highest BCUT2D eigenvalue weighted by Crippen LogP contribution is 1.95. The van der Waals surface area contributed by atoms with Gasteiger partial charge in [0.15, 0.2) is 0 Å². The van der Waals surface area contributed by atoms with Crippen molar-refractivity contribution in [3.05, 3.63) is 0 Å². The molecule has 0 aromatic carbocycles. The summed E-state index contributed by atoms with van der Waals surface area (Å²) < 4.78 is 4.25. The Balaban J connectivity index is 3.75. The summed E-state index contributed by atoms with van der Waals surface area (Å²) >= 11 is 0. The highest BCUT2D eigenvalue weighted by atomic mass is 29.6. The smallest absolute Gasteiger partial charge is 0.417 e.